The van der Waals surface area contributed by atoms with Crippen LogP contribution < -0.4 is 4.74 Å². The number of aliphatic carboxylic acids is 1. The summed E-state index contributed by atoms with van der Waals surface area (Å²) in [5.41, 5.74) is 1.05. The standard InChI is InChI=1S/C19H17BrO5S/c1-2-10-26(23,24)17-5-3-4-14(11-17)6-7-15-12-16(20)8-9-18(15)25-13-19(21)22/h3-5,8-9,11-12H,2,10,13H2,1H3,(H,21,22). The van der Waals surface area contributed by atoms with E-state index in [9.17, 15) is 13.2 Å². The summed E-state index contributed by atoms with van der Waals surface area (Å²) in [4.78, 5) is 10.9. The summed E-state index contributed by atoms with van der Waals surface area (Å²) in [6.45, 7) is 1.34. The van der Waals surface area contributed by atoms with Crippen molar-refractivity contribution in [2.75, 3.05) is 12.4 Å². The first-order valence-corrected chi connectivity index (χ1v) is 10.3. The Morgan fingerprint density at radius 2 is 1.96 bits per heavy atom. The number of ether oxygens (including phenoxy) is 1. The van der Waals surface area contributed by atoms with Crippen molar-refractivity contribution < 1.29 is 23.1 Å². The second-order valence-corrected chi connectivity index (χ2v) is 8.44. The molecule has 0 fully saturated rings. The summed E-state index contributed by atoms with van der Waals surface area (Å²) in [5.74, 6) is 5.17. The molecule has 0 aliphatic rings. The first-order chi connectivity index (χ1) is 12.3. The Morgan fingerprint density at radius 1 is 1.19 bits per heavy atom. The molecule has 0 spiro atoms. The lowest BCUT2D eigenvalue weighted by atomic mass is 10.1. The van der Waals surface area contributed by atoms with Crippen LogP contribution in [0.2, 0.25) is 0 Å². The summed E-state index contributed by atoms with van der Waals surface area (Å²) < 4.78 is 30.4. The number of carbonyl (C=O) groups is 1. The largest absolute Gasteiger partial charge is 0.481 e. The lowest BCUT2D eigenvalue weighted by Gasteiger charge is -2.06. The molecule has 2 aromatic carbocycles. The Hall–Kier alpha value is -2.30. The third kappa shape index (κ3) is 5.61. The number of carboxylic acid groups (broad SMARTS) is 1. The quantitative estimate of drug-likeness (QED) is 0.700. The number of sulfone groups is 1. The lowest BCUT2D eigenvalue weighted by Crippen LogP contribution is -2.10. The minimum atomic E-state index is -3.31. The second-order valence-electron chi connectivity index (χ2n) is 5.42. The molecule has 5 nitrogen and oxygen atoms in total. The maximum atomic E-state index is 12.2. The van der Waals surface area contributed by atoms with Crippen LogP contribution >= 0.6 is 15.9 Å². The number of benzene rings is 2. The van der Waals surface area contributed by atoms with Crippen LogP contribution in [0, 0.1) is 11.8 Å². The molecule has 1 N–H and O–H groups in total. The molecule has 136 valence electrons. The van der Waals surface area contributed by atoms with Crippen molar-refractivity contribution in [3.8, 4) is 17.6 Å². The van der Waals surface area contributed by atoms with Crippen molar-refractivity contribution >= 4 is 31.7 Å². The fraction of sp³-hybridized carbons (Fsp3) is 0.211. The molecule has 26 heavy (non-hydrogen) atoms. The van der Waals surface area contributed by atoms with Crippen LogP contribution in [0.3, 0.4) is 0 Å². The fourth-order valence-electron chi connectivity index (χ4n) is 2.16. The molecular formula is C19H17BrO5S. The molecule has 0 aliphatic carbocycles. The first kappa shape index (κ1) is 20.0. The highest BCUT2D eigenvalue weighted by atomic mass is 79.9. The van der Waals surface area contributed by atoms with Crippen LogP contribution in [-0.2, 0) is 14.6 Å². The Morgan fingerprint density at radius 3 is 2.65 bits per heavy atom. The fourth-order valence-corrected chi connectivity index (χ4v) is 3.89. The van der Waals surface area contributed by atoms with Crippen LogP contribution in [0.25, 0.3) is 0 Å². The number of hydrogen-bond donors (Lipinski definition) is 1. The van der Waals surface area contributed by atoms with Crippen LogP contribution in [0.15, 0.2) is 51.8 Å². The molecule has 7 heteroatoms. The average Bonchev–Trinajstić information content (AvgIpc) is 2.59. The first-order valence-electron chi connectivity index (χ1n) is 7.81. The third-order valence-corrected chi connectivity index (χ3v) is 5.71. The normalized spacial score (nSPS) is 10.7. The number of rotatable bonds is 6. The molecule has 0 radical (unpaired) electrons. The van der Waals surface area contributed by atoms with E-state index >= 15 is 0 Å². The van der Waals surface area contributed by atoms with Gasteiger partial charge in [-0.2, -0.15) is 0 Å². The van der Waals surface area contributed by atoms with E-state index in [0.717, 1.165) is 4.47 Å². The molecule has 2 rings (SSSR count). The highest BCUT2D eigenvalue weighted by Gasteiger charge is 2.13. The van der Waals surface area contributed by atoms with Crippen LogP contribution in [0.5, 0.6) is 5.75 Å². The van der Waals surface area contributed by atoms with Crippen molar-refractivity contribution in [2.45, 2.75) is 18.2 Å². The Kier molecular flexibility index (Phi) is 6.83. The van der Waals surface area contributed by atoms with Crippen molar-refractivity contribution in [2.24, 2.45) is 0 Å². The monoisotopic (exact) mass is 436 g/mol. The highest BCUT2D eigenvalue weighted by molar-refractivity contribution is 9.10. The van der Waals surface area contributed by atoms with Crippen LogP contribution in [0.1, 0.15) is 24.5 Å². The molecular weight excluding hydrogens is 420 g/mol. The van der Waals surface area contributed by atoms with Crippen LogP contribution in [0.4, 0.5) is 0 Å². The molecule has 0 aliphatic heterocycles. The summed E-state index contributed by atoms with van der Waals surface area (Å²) in [5, 5.41) is 8.75. The molecule has 0 amide bonds. The summed E-state index contributed by atoms with van der Waals surface area (Å²) in [7, 11) is -3.31. The minimum absolute atomic E-state index is 0.0860. The lowest BCUT2D eigenvalue weighted by molar-refractivity contribution is -0.139. The van der Waals surface area contributed by atoms with Crippen molar-refractivity contribution in [1.82, 2.24) is 0 Å². The van der Waals surface area contributed by atoms with Gasteiger partial charge in [-0.3, -0.25) is 0 Å². The van der Waals surface area contributed by atoms with Crippen molar-refractivity contribution in [3.05, 3.63) is 58.1 Å². The van der Waals surface area contributed by atoms with Gasteiger partial charge in [0.2, 0.25) is 0 Å². The van der Waals surface area contributed by atoms with Gasteiger partial charge in [-0.25, -0.2) is 13.2 Å². The summed E-state index contributed by atoms with van der Waals surface area (Å²) in [6, 6.07) is 11.5. The van der Waals surface area contributed by atoms with E-state index in [1.807, 2.05) is 6.92 Å². The molecule has 0 bridgehead atoms. The molecule has 0 saturated carbocycles. The van der Waals surface area contributed by atoms with E-state index < -0.39 is 22.4 Å². The Bertz CT molecular complexity index is 971. The molecule has 0 atom stereocenters. The highest BCUT2D eigenvalue weighted by Crippen LogP contribution is 2.23. The SMILES string of the molecule is CCCS(=O)(=O)c1cccc(C#Cc2cc(Br)ccc2OCC(=O)O)c1. The third-order valence-electron chi connectivity index (χ3n) is 3.30. The van der Waals surface area contributed by atoms with Gasteiger partial charge in [0, 0.05) is 10.0 Å². The zero-order valence-electron chi connectivity index (χ0n) is 14.0. The zero-order valence-corrected chi connectivity index (χ0v) is 16.4. The van der Waals surface area contributed by atoms with E-state index in [4.69, 9.17) is 9.84 Å². The zero-order chi connectivity index (χ0) is 19.2. The number of halogens is 1. The maximum Gasteiger partial charge on any atom is 0.341 e. The molecule has 0 saturated heterocycles. The summed E-state index contributed by atoms with van der Waals surface area (Å²) >= 11 is 3.34. The topological polar surface area (TPSA) is 80.7 Å². The van der Waals surface area contributed by atoms with Gasteiger partial charge >= 0.3 is 5.97 Å². The van der Waals surface area contributed by atoms with E-state index in [1.54, 1.807) is 36.4 Å². The van der Waals surface area contributed by atoms with Crippen LogP contribution in [-0.4, -0.2) is 31.9 Å². The van der Waals surface area contributed by atoms with Gasteiger partial charge < -0.3 is 9.84 Å². The van der Waals surface area contributed by atoms with Gasteiger partial charge in [0.15, 0.2) is 16.4 Å². The predicted molar refractivity (Wildman–Crippen MR) is 102 cm³/mol. The van der Waals surface area contributed by atoms with E-state index in [0.29, 0.717) is 23.3 Å². The van der Waals surface area contributed by atoms with Gasteiger partial charge in [-0.1, -0.05) is 40.8 Å². The van der Waals surface area contributed by atoms with Gasteiger partial charge in [-0.05, 0) is 42.8 Å². The van der Waals surface area contributed by atoms with Gasteiger partial charge in [0.25, 0.3) is 0 Å². The van der Waals surface area contributed by atoms with Gasteiger partial charge in [0.1, 0.15) is 5.75 Å². The molecule has 0 aromatic heterocycles. The number of carboxylic acids is 1. The summed E-state index contributed by atoms with van der Waals surface area (Å²) in [6.07, 6.45) is 0.542. The van der Waals surface area contributed by atoms with E-state index in [2.05, 4.69) is 27.8 Å². The minimum Gasteiger partial charge on any atom is -0.481 e. The van der Waals surface area contributed by atoms with Gasteiger partial charge in [0.05, 0.1) is 16.2 Å². The maximum absolute atomic E-state index is 12.2. The molecule has 0 heterocycles. The van der Waals surface area contributed by atoms with E-state index in [-0.39, 0.29) is 10.6 Å². The number of hydrogen-bond acceptors (Lipinski definition) is 4. The molecule has 2 aromatic rings. The second kappa shape index (κ2) is 8.88. The Balaban J connectivity index is 2.35. The van der Waals surface area contributed by atoms with Gasteiger partial charge in [-0.15, -0.1) is 0 Å². The predicted octanol–water partition coefficient (Wildman–Crippen LogP) is 3.50. The average molecular weight is 437 g/mol. The molecule has 0 unspecified atom stereocenters. The Labute approximate surface area is 161 Å². The smallest absolute Gasteiger partial charge is 0.341 e. The van der Waals surface area contributed by atoms with Crippen molar-refractivity contribution in [3.63, 3.8) is 0 Å². The van der Waals surface area contributed by atoms with Crippen molar-refractivity contribution in [1.29, 1.82) is 0 Å². The van der Waals surface area contributed by atoms with E-state index in [1.165, 1.54) is 6.07 Å².